The molecule has 2 heterocycles. The van der Waals surface area contributed by atoms with Crippen molar-refractivity contribution in [1.29, 1.82) is 0 Å². The number of alkyl halides is 3. The molecule has 9 heteroatoms. The number of hydrogen-bond acceptors (Lipinski definition) is 6. The van der Waals surface area contributed by atoms with E-state index in [1.54, 1.807) is 0 Å². The number of rotatable bonds is 5. The van der Waals surface area contributed by atoms with Crippen molar-refractivity contribution in [3.8, 4) is 0 Å². The first kappa shape index (κ1) is 15.8. The highest BCUT2D eigenvalue weighted by molar-refractivity contribution is 5.42. The maximum atomic E-state index is 12.7. The van der Waals surface area contributed by atoms with Crippen molar-refractivity contribution in [2.24, 2.45) is 11.8 Å². The summed E-state index contributed by atoms with van der Waals surface area (Å²) >= 11 is 0. The van der Waals surface area contributed by atoms with Crippen LogP contribution >= 0.6 is 0 Å². The molecule has 1 fully saturated rings. The SMILES string of the molecule is CCN1CCC(CNc2cc(C(F)(F)F)nc(NN)n2)C1. The summed E-state index contributed by atoms with van der Waals surface area (Å²) in [6.45, 7) is 5.63. The first-order valence-electron chi connectivity index (χ1n) is 6.81. The number of nitrogen functional groups attached to an aromatic ring is 1. The van der Waals surface area contributed by atoms with Crippen LogP contribution in [0.15, 0.2) is 6.07 Å². The van der Waals surface area contributed by atoms with Gasteiger partial charge in [-0.15, -0.1) is 0 Å². The second-order valence-electron chi connectivity index (χ2n) is 5.03. The van der Waals surface area contributed by atoms with Gasteiger partial charge in [-0.1, -0.05) is 6.92 Å². The highest BCUT2D eigenvalue weighted by Gasteiger charge is 2.33. The quantitative estimate of drug-likeness (QED) is 0.565. The maximum Gasteiger partial charge on any atom is 0.433 e. The number of nitrogens with one attached hydrogen (secondary N) is 2. The third-order valence-corrected chi connectivity index (χ3v) is 3.53. The van der Waals surface area contributed by atoms with E-state index in [4.69, 9.17) is 5.84 Å². The van der Waals surface area contributed by atoms with E-state index in [0.29, 0.717) is 12.5 Å². The van der Waals surface area contributed by atoms with E-state index >= 15 is 0 Å². The summed E-state index contributed by atoms with van der Waals surface area (Å²) in [6.07, 6.45) is -3.50. The van der Waals surface area contributed by atoms with Crippen LogP contribution in [0.4, 0.5) is 24.9 Å². The lowest BCUT2D eigenvalue weighted by Gasteiger charge is -2.15. The summed E-state index contributed by atoms with van der Waals surface area (Å²) in [5.74, 6) is 5.38. The van der Waals surface area contributed by atoms with E-state index in [1.807, 2.05) is 0 Å². The fourth-order valence-electron chi connectivity index (χ4n) is 2.36. The smallest absolute Gasteiger partial charge is 0.370 e. The van der Waals surface area contributed by atoms with Crippen LogP contribution in [0.3, 0.4) is 0 Å². The number of halogens is 3. The molecule has 1 atom stereocenters. The molecular formula is C12H19F3N6. The fraction of sp³-hybridized carbons (Fsp3) is 0.667. The van der Waals surface area contributed by atoms with Crippen molar-refractivity contribution >= 4 is 11.8 Å². The van der Waals surface area contributed by atoms with Crippen molar-refractivity contribution < 1.29 is 13.2 Å². The molecular weight excluding hydrogens is 285 g/mol. The van der Waals surface area contributed by atoms with Crippen LogP contribution in [0.1, 0.15) is 19.0 Å². The Hall–Kier alpha value is -1.61. The van der Waals surface area contributed by atoms with Gasteiger partial charge in [0, 0.05) is 19.2 Å². The topological polar surface area (TPSA) is 79.1 Å². The summed E-state index contributed by atoms with van der Waals surface area (Å²) in [7, 11) is 0. The standard InChI is InChI=1S/C12H19F3N6/c1-2-21-4-3-8(7-21)6-17-10-5-9(12(13,14)15)18-11(19-10)20-16/h5,8H,2-4,6-7,16H2,1H3,(H2,17,18,19,20). The lowest BCUT2D eigenvalue weighted by atomic mass is 10.1. The molecule has 1 saturated heterocycles. The van der Waals surface area contributed by atoms with Gasteiger partial charge in [0.2, 0.25) is 5.95 Å². The van der Waals surface area contributed by atoms with Gasteiger partial charge in [-0.3, -0.25) is 5.43 Å². The average Bonchev–Trinajstić information content (AvgIpc) is 2.92. The molecule has 0 saturated carbocycles. The zero-order valence-corrected chi connectivity index (χ0v) is 11.7. The molecule has 1 aromatic heterocycles. The van der Waals surface area contributed by atoms with Gasteiger partial charge in [-0.2, -0.15) is 18.2 Å². The van der Waals surface area contributed by atoms with Gasteiger partial charge in [-0.05, 0) is 25.4 Å². The monoisotopic (exact) mass is 304 g/mol. The number of nitrogens with two attached hydrogens (primary N) is 1. The van der Waals surface area contributed by atoms with Gasteiger partial charge in [0.1, 0.15) is 5.82 Å². The number of likely N-dealkylation sites (tertiary alicyclic amines) is 1. The normalized spacial score (nSPS) is 19.8. The molecule has 1 aliphatic heterocycles. The van der Waals surface area contributed by atoms with Crippen molar-refractivity contribution in [2.45, 2.75) is 19.5 Å². The molecule has 4 N–H and O–H groups in total. The molecule has 1 unspecified atom stereocenters. The van der Waals surface area contributed by atoms with Crippen LogP contribution in [0, 0.1) is 5.92 Å². The molecule has 0 radical (unpaired) electrons. The average molecular weight is 304 g/mol. The Kier molecular flexibility index (Phi) is 4.84. The van der Waals surface area contributed by atoms with E-state index in [0.717, 1.165) is 32.1 Å². The first-order valence-corrected chi connectivity index (χ1v) is 6.81. The molecule has 0 bridgehead atoms. The fourth-order valence-corrected chi connectivity index (χ4v) is 2.36. The molecule has 1 aliphatic rings. The third kappa shape index (κ3) is 4.18. The van der Waals surface area contributed by atoms with Crippen LogP contribution in [0.25, 0.3) is 0 Å². The predicted octanol–water partition coefficient (Wildman–Crippen LogP) is 1.53. The maximum absolute atomic E-state index is 12.7. The van der Waals surface area contributed by atoms with E-state index in [-0.39, 0.29) is 11.8 Å². The zero-order valence-electron chi connectivity index (χ0n) is 11.7. The van der Waals surface area contributed by atoms with Crippen molar-refractivity contribution in [3.63, 3.8) is 0 Å². The van der Waals surface area contributed by atoms with Crippen LogP contribution in [0.2, 0.25) is 0 Å². The third-order valence-electron chi connectivity index (χ3n) is 3.53. The molecule has 2 rings (SSSR count). The van der Waals surface area contributed by atoms with Crippen LogP contribution in [0.5, 0.6) is 0 Å². The number of hydrogen-bond donors (Lipinski definition) is 3. The number of hydrazine groups is 1. The molecule has 0 aliphatic carbocycles. The van der Waals surface area contributed by atoms with Crippen molar-refractivity contribution in [3.05, 3.63) is 11.8 Å². The lowest BCUT2D eigenvalue weighted by molar-refractivity contribution is -0.141. The van der Waals surface area contributed by atoms with E-state index < -0.39 is 11.9 Å². The minimum absolute atomic E-state index is 0.125. The van der Waals surface area contributed by atoms with E-state index in [2.05, 4.69) is 32.5 Å². The Labute approximate surface area is 120 Å². The van der Waals surface area contributed by atoms with Crippen molar-refractivity contribution in [2.75, 3.05) is 36.9 Å². The highest BCUT2D eigenvalue weighted by Crippen LogP contribution is 2.29. The summed E-state index contributed by atoms with van der Waals surface area (Å²) in [5.41, 5.74) is 1.03. The lowest BCUT2D eigenvalue weighted by Crippen LogP contribution is -2.23. The van der Waals surface area contributed by atoms with Gasteiger partial charge in [0.15, 0.2) is 5.69 Å². The van der Waals surface area contributed by atoms with Gasteiger partial charge >= 0.3 is 6.18 Å². The Bertz CT molecular complexity index is 479. The summed E-state index contributed by atoms with van der Waals surface area (Å²) in [4.78, 5) is 9.51. The van der Waals surface area contributed by atoms with Gasteiger partial charge in [-0.25, -0.2) is 10.8 Å². The summed E-state index contributed by atoms with van der Waals surface area (Å²) in [5, 5.41) is 2.95. The minimum Gasteiger partial charge on any atom is -0.370 e. The number of nitrogens with zero attached hydrogens (tertiary/aromatic N) is 3. The zero-order chi connectivity index (χ0) is 15.5. The largest absolute Gasteiger partial charge is 0.433 e. The molecule has 0 amide bonds. The number of anilines is 2. The summed E-state index contributed by atoms with van der Waals surface area (Å²) < 4.78 is 38.2. The van der Waals surface area contributed by atoms with E-state index in [1.165, 1.54) is 0 Å². The Morgan fingerprint density at radius 2 is 2.19 bits per heavy atom. The minimum atomic E-state index is -4.53. The molecule has 0 spiro atoms. The first-order chi connectivity index (χ1) is 9.92. The molecule has 0 aromatic carbocycles. The van der Waals surface area contributed by atoms with Crippen LogP contribution in [-0.2, 0) is 6.18 Å². The van der Waals surface area contributed by atoms with Crippen LogP contribution in [-0.4, -0.2) is 41.0 Å². The van der Waals surface area contributed by atoms with Crippen molar-refractivity contribution in [1.82, 2.24) is 14.9 Å². The molecule has 6 nitrogen and oxygen atoms in total. The Morgan fingerprint density at radius 1 is 1.43 bits per heavy atom. The Balaban J connectivity index is 2.02. The Morgan fingerprint density at radius 3 is 2.76 bits per heavy atom. The molecule has 1 aromatic rings. The summed E-state index contributed by atoms with van der Waals surface area (Å²) in [6, 6.07) is 0.896. The van der Waals surface area contributed by atoms with Gasteiger partial charge in [0.25, 0.3) is 0 Å². The molecule has 118 valence electrons. The number of aromatic nitrogens is 2. The second kappa shape index (κ2) is 6.44. The van der Waals surface area contributed by atoms with Gasteiger partial charge in [0.05, 0.1) is 0 Å². The second-order valence-corrected chi connectivity index (χ2v) is 5.03. The highest BCUT2D eigenvalue weighted by atomic mass is 19.4. The van der Waals surface area contributed by atoms with Crippen LogP contribution < -0.4 is 16.6 Å². The van der Waals surface area contributed by atoms with Gasteiger partial charge < -0.3 is 10.2 Å². The van der Waals surface area contributed by atoms with E-state index in [9.17, 15) is 13.2 Å². The molecule has 21 heavy (non-hydrogen) atoms. The predicted molar refractivity (Wildman–Crippen MR) is 73.6 cm³/mol.